The van der Waals surface area contributed by atoms with E-state index in [9.17, 15) is 24.3 Å². The van der Waals surface area contributed by atoms with Crippen LogP contribution in [0.5, 0.6) is 5.75 Å². The standard InChI is InChI=1S/C32H49N3O9/c1-8-35(22-9-11-23(36)12-10-22)29(39)27(42-25-15-19-34(20-16-25)30(40)44-32(5,6)7)28(38)33-17-13-24(14-18-33)41-21-26(37)43-31(2,3)4/h9-12,24-25,27,36H,8,13-21H2,1-7H3. The van der Waals surface area contributed by atoms with Gasteiger partial charge in [0.1, 0.15) is 23.6 Å². The fourth-order valence-corrected chi connectivity index (χ4v) is 5.12. The number of amides is 3. The zero-order valence-electron chi connectivity index (χ0n) is 27.2. The molecule has 12 nitrogen and oxygen atoms in total. The molecule has 1 unspecified atom stereocenters. The van der Waals surface area contributed by atoms with Crippen LogP contribution < -0.4 is 4.90 Å². The highest BCUT2D eigenvalue weighted by atomic mass is 16.6. The lowest BCUT2D eigenvalue weighted by atomic mass is 10.1. The molecule has 0 aliphatic carbocycles. The van der Waals surface area contributed by atoms with Crippen molar-refractivity contribution in [3.8, 4) is 5.75 Å². The Balaban J connectivity index is 1.68. The summed E-state index contributed by atoms with van der Waals surface area (Å²) in [6.45, 7) is 14.2. The molecule has 0 aromatic heterocycles. The minimum Gasteiger partial charge on any atom is -0.508 e. The molecule has 246 valence electrons. The summed E-state index contributed by atoms with van der Waals surface area (Å²) in [5.74, 6) is -1.32. The molecule has 44 heavy (non-hydrogen) atoms. The molecule has 0 spiro atoms. The van der Waals surface area contributed by atoms with Gasteiger partial charge in [0.15, 0.2) is 0 Å². The second-order valence-electron chi connectivity index (χ2n) is 13.2. The van der Waals surface area contributed by atoms with E-state index in [4.69, 9.17) is 18.9 Å². The predicted molar refractivity (Wildman–Crippen MR) is 163 cm³/mol. The maximum Gasteiger partial charge on any atom is 0.410 e. The number of ether oxygens (including phenoxy) is 4. The highest BCUT2D eigenvalue weighted by Crippen LogP contribution is 2.25. The highest BCUT2D eigenvalue weighted by Gasteiger charge is 2.39. The molecule has 2 fully saturated rings. The van der Waals surface area contributed by atoms with Gasteiger partial charge in [-0.1, -0.05) is 0 Å². The van der Waals surface area contributed by atoms with Crippen LogP contribution in [0.1, 0.15) is 74.1 Å². The fraction of sp³-hybridized carbons (Fsp3) is 0.688. The van der Waals surface area contributed by atoms with Crippen LogP contribution in [0, 0.1) is 0 Å². The largest absolute Gasteiger partial charge is 0.508 e. The van der Waals surface area contributed by atoms with E-state index < -0.39 is 47.3 Å². The predicted octanol–water partition coefficient (Wildman–Crippen LogP) is 3.88. The molecule has 0 radical (unpaired) electrons. The molecular weight excluding hydrogens is 570 g/mol. The van der Waals surface area contributed by atoms with E-state index in [1.807, 2.05) is 20.8 Å². The van der Waals surface area contributed by atoms with Crippen LogP contribution in [0.15, 0.2) is 24.3 Å². The number of nitrogens with zero attached hydrogens (tertiary/aromatic N) is 3. The Morgan fingerprint density at radius 1 is 0.841 bits per heavy atom. The number of anilines is 1. The number of esters is 1. The Morgan fingerprint density at radius 2 is 1.36 bits per heavy atom. The first kappa shape index (κ1) is 35.1. The summed E-state index contributed by atoms with van der Waals surface area (Å²) in [7, 11) is 0. The minimum absolute atomic E-state index is 0.0645. The Bertz CT molecular complexity index is 1130. The van der Waals surface area contributed by atoms with Crippen LogP contribution in [-0.2, 0) is 33.3 Å². The quantitative estimate of drug-likeness (QED) is 0.323. The number of phenolic OH excluding ortho intramolecular Hbond substituents is 1. The lowest BCUT2D eigenvalue weighted by molar-refractivity contribution is -0.165. The summed E-state index contributed by atoms with van der Waals surface area (Å²) in [6.07, 6.45) is -0.535. The van der Waals surface area contributed by atoms with Crippen molar-refractivity contribution in [2.75, 3.05) is 44.2 Å². The maximum atomic E-state index is 13.9. The van der Waals surface area contributed by atoms with Crippen molar-refractivity contribution in [2.45, 2.75) is 104 Å². The van der Waals surface area contributed by atoms with Gasteiger partial charge in [-0.15, -0.1) is 0 Å². The van der Waals surface area contributed by atoms with E-state index in [2.05, 4.69) is 0 Å². The molecule has 1 atom stereocenters. The highest BCUT2D eigenvalue weighted by molar-refractivity contribution is 6.10. The number of hydrogen-bond acceptors (Lipinski definition) is 9. The molecule has 12 heteroatoms. The van der Waals surface area contributed by atoms with Crippen molar-refractivity contribution in [1.82, 2.24) is 9.80 Å². The Kier molecular flexibility index (Phi) is 12.0. The number of likely N-dealkylation sites (N-methyl/N-ethyl adjacent to an activating group) is 1. The van der Waals surface area contributed by atoms with E-state index in [0.717, 1.165) is 0 Å². The van der Waals surface area contributed by atoms with Gasteiger partial charge in [-0.05, 0) is 98.4 Å². The average Bonchev–Trinajstić information content (AvgIpc) is 2.94. The number of likely N-dealkylation sites (tertiary alicyclic amines) is 2. The number of benzene rings is 1. The van der Waals surface area contributed by atoms with Crippen molar-refractivity contribution in [1.29, 1.82) is 0 Å². The number of rotatable bonds is 9. The van der Waals surface area contributed by atoms with Crippen molar-refractivity contribution in [3.63, 3.8) is 0 Å². The van der Waals surface area contributed by atoms with Gasteiger partial charge in [0.2, 0.25) is 6.10 Å². The van der Waals surface area contributed by atoms with Gasteiger partial charge in [-0.25, -0.2) is 9.59 Å². The normalized spacial score (nSPS) is 17.6. The first-order valence-corrected chi connectivity index (χ1v) is 15.4. The Morgan fingerprint density at radius 3 is 1.89 bits per heavy atom. The van der Waals surface area contributed by atoms with E-state index in [1.165, 1.54) is 17.0 Å². The Hall–Kier alpha value is -3.38. The second-order valence-corrected chi connectivity index (χ2v) is 13.2. The molecule has 1 N–H and O–H groups in total. The van der Waals surface area contributed by atoms with Gasteiger partial charge in [0.25, 0.3) is 11.8 Å². The topological polar surface area (TPSA) is 135 Å². The summed E-state index contributed by atoms with van der Waals surface area (Å²) >= 11 is 0. The van der Waals surface area contributed by atoms with Gasteiger partial charge < -0.3 is 38.8 Å². The summed E-state index contributed by atoms with van der Waals surface area (Å²) in [6, 6.07) is 6.20. The third-order valence-corrected chi connectivity index (χ3v) is 7.23. The molecule has 2 heterocycles. The first-order chi connectivity index (χ1) is 20.6. The third-order valence-electron chi connectivity index (χ3n) is 7.23. The van der Waals surface area contributed by atoms with Crippen molar-refractivity contribution < 1.29 is 43.2 Å². The molecule has 2 saturated heterocycles. The Labute approximate surface area is 260 Å². The van der Waals surface area contributed by atoms with Crippen molar-refractivity contribution in [2.24, 2.45) is 0 Å². The summed E-state index contributed by atoms with van der Waals surface area (Å²) in [5, 5.41) is 9.73. The molecule has 2 aliphatic heterocycles. The molecule has 1 aromatic rings. The van der Waals surface area contributed by atoms with Crippen LogP contribution in [0.4, 0.5) is 10.5 Å². The average molecular weight is 620 g/mol. The van der Waals surface area contributed by atoms with Crippen molar-refractivity contribution >= 4 is 29.6 Å². The molecule has 0 bridgehead atoms. The van der Waals surface area contributed by atoms with E-state index >= 15 is 0 Å². The minimum atomic E-state index is -1.39. The van der Waals surface area contributed by atoms with Crippen LogP contribution >= 0.6 is 0 Å². The van der Waals surface area contributed by atoms with Crippen LogP contribution in [0.25, 0.3) is 0 Å². The fourth-order valence-electron chi connectivity index (χ4n) is 5.12. The monoisotopic (exact) mass is 619 g/mol. The van der Waals surface area contributed by atoms with Gasteiger partial charge in [0.05, 0.1) is 12.2 Å². The number of carbonyl (C=O) groups excluding carboxylic acids is 4. The van der Waals surface area contributed by atoms with Crippen molar-refractivity contribution in [3.05, 3.63) is 24.3 Å². The molecule has 3 amide bonds. The number of hydrogen-bond donors (Lipinski definition) is 1. The third kappa shape index (κ3) is 10.7. The molecule has 3 rings (SSSR count). The summed E-state index contributed by atoms with van der Waals surface area (Å²) < 4.78 is 22.8. The van der Waals surface area contributed by atoms with E-state index in [1.54, 1.807) is 49.6 Å². The van der Waals surface area contributed by atoms with E-state index in [0.29, 0.717) is 57.5 Å². The van der Waals surface area contributed by atoms with E-state index in [-0.39, 0.29) is 25.0 Å². The number of phenols is 1. The van der Waals surface area contributed by atoms with Crippen LogP contribution in [0.3, 0.4) is 0 Å². The smallest absolute Gasteiger partial charge is 0.410 e. The zero-order chi connectivity index (χ0) is 32.7. The second kappa shape index (κ2) is 15.1. The zero-order valence-corrected chi connectivity index (χ0v) is 27.2. The molecular formula is C32H49N3O9. The summed E-state index contributed by atoms with van der Waals surface area (Å²) in [5.41, 5.74) is -0.678. The van der Waals surface area contributed by atoms with Gasteiger partial charge >= 0.3 is 12.1 Å². The lowest BCUT2D eigenvalue weighted by Crippen LogP contribution is -2.54. The number of carbonyl (C=O) groups is 4. The number of aromatic hydroxyl groups is 1. The number of piperidine rings is 2. The summed E-state index contributed by atoms with van der Waals surface area (Å²) in [4.78, 5) is 57.1. The lowest BCUT2D eigenvalue weighted by Gasteiger charge is -2.37. The molecule has 1 aromatic carbocycles. The van der Waals surface area contributed by atoms with Crippen LogP contribution in [-0.4, -0.2) is 108 Å². The van der Waals surface area contributed by atoms with Gasteiger partial charge in [-0.2, -0.15) is 0 Å². The first-order valence-electron chi connectivity index (χ1n) is 15.4. The maximum absolute atomic E-state index is 13.9. The van der Waals surface area contributed by atoms with Gasteiger partial charge in [-0.3, -0.25) is 9.59 Å². The SMILES string of the molecule is CCN(C(=O)C(OC1CCN(C(=O)OC(C)(C)C)CC1)C(=O)N1CCC(OCC(=O)OC(C)(C)C)CC1)c1ccc(O)cc1. The molecule has 0 saturated carbocycles. The molecule has 2 aliphatic rings. The van der Waals surface area contributed by atoms with Crippen LogP contribution in [0.2, 0.25) is 0 Å². The van der Waals surface area contributed by atoms with Gasteiger partial charge in [0, 0.05) is 38.4 Å².